The van der Waals surface area contributed by atoms with E-state index in [1.54, 1.807) is 11.0 Å². The van der Waals surface area contributed by atoms with E-state index in [9.17, 15) is 9.59 Å². The molecule has 0 spiro atoms. The highest BCUT2D eigenvalue weighted by Gasteiger charge is 2.34. The third kappa shape index (κ3) is 3.23. The molecule has 0 unspecified atom stereocenters. The molecule has 22 heavy (non-hydrogen) atoms. The molecule has 114 valence electrons. The van der Waals surface area contributed by atoms with Gasteiger partial charge in [0, 0.05) is 16.7 Å². The molecule has 0 saturated carbocycles. The van der Waals surface area contributed by atoms with Crippen molar-refractivity contribution in [2.24, 2.45) is 0 Å². The van der Waals surface area contributed by atoms with E-state index in [4.69, 9.17) is 0 Å². The maximum absolute atomic E-state index is 12.5. The van der Waals surface area contributed by atoms with Crippen molar-refractivity contribution in [1.29, 1.82) is 0 Å². The average molecular weight is 379 g/mol. The van der Waals surface area contributed by atoms with Crippen LogP contribution in [0.4, 0.5) is 5.69 Å². The first-order chi connectivity index (χ1) is 10.6. The highest BCUT2D eigenvalue weighted by Crippen LogP contribution is 2.23. The Balaban J connectivity index is 1.71. The maximum atomic E-state index is 12.5. The average Bonchev–Trinajstić information content (AvgIpc) is 3.20. The van der Waals surface area contributed by atoms with Gasteiger partial charge in [-0.1, -0.05) is 22.0 Å². The second-order valence-corrected chi connectivity index (χ2v) is 6.99. The number of rotatable bonds is 3. The number of likely N-dealkylation sites (tertiary alicyclic amines) is 1. The van der Waals surface area contributed by atoms with Gasteiger partial charge in [-0.25, -0.2) is 0 Å². The molecule has 2 aromatic rings. The molecule has 1 aliphatic rings. The van der Waals surface area contributed by atoms with E-state index in [1.165, 1.54) is 11.3 Å². The molecule has 1 saturated heterocycles. The fourth-order valence-corrected chi connectivity index (χ4v) is 3.53. The first-order valence-electron chi connectivity index (χ1n) is 7.06. The molecule has 1 aromatic carbocycles. The van der Waals surface area contributed by atoms with Gasteiger partial charge in [0.15, 0.2) is 0 Å². The molecule has 1 aromatic heterocycles. The van der Waals surface area contributed by atoms with Crippen molar-refractivity contribution in [2.45, 2.75) is 18.9 Å². The second kappa shape index (κ2) is 6.62. The molecule has 1 fully saturated rings. The van der Waals surface area contributed by atoms with E-state index in [0.717, 1.165) is 16.6 Å². The minimum atomic E-state index is -0.391. The summed E-state index contributed by atoms with van der Waals surface area (Å²) in [4.78, 5) is 27.3. The number of nitrogens with zero attached hydrogens (tertiary/aromatic N) is 1. The van der Waals surface area contributed by atoms with E-state index in [1.807, 2.05) is 35.7 Å². The van der Waals surface area contributed by atoms with Crippen molar-refractivity contribution in [2.75, 3.05) is 11.9 Å². The largest absolute Gasteiger partial charge is 0.326 e. The maximum Gasteiger partial charge on any atom is 0.264 e. The van der Waals surface area contributed by atoms with E-state index in [0.29, 0.717) is 17.8 Å². The van der Waals surface area contributed by atoms with E-state index in [-0.39, 0.29) is 11.8 Å². The molecule has 4 nitrogen and oxygen atoms in total. The monoisotopic (exact) mass is 378 g/mol. The Labute approximate surface area is 141 Å². The molecular formula is C16H15BrN2O2S. The summed E-state index contributed by atoms with van der Waals surface area (Å²) < 4.78 is 0.959. The van der Waals surface area contributed by atoms with Crippen LogP contribution in [0.1, 0.15) is 22.5 Å². The Bertz CT molecular complexity index is 670. The molecule has 0 aliphatic carbocycles. The lowest BCUT2D eigenvalue weighted by Crippen LogP contribution is -2.42. The second-order valence-electron chi connectivity index (χ2n) is 5.13. The van der Waals surface area contributed by atoms with Crippen LogP contribution in [-0.4, -0.2) is 29.3 Å². The third-order valence-electron chi connectivity index (χ3n) is 3.66. The molecule has 1 atom stereocenters. The summed E-state index contributed by atoms with van der Waals surface area (Å²) in [6.45, 7) is 0.634. The zero-order valence-electron chi connectivity index (χ0n) is 11.8. The van der Waals surface area contributed by atoms with Crippen LogP contribution in [0.3, 0.4) is 0 Å². The van der Waals surface area contributed by atoms with E-state index < -0.39 is 6.04 Å². The number of amides is 2. The number of hydrogen-bond donors (Lipinski definition) is 1. The zero-order valence-corrected chi connectivity index (χ0v) is 14.2. The summed E-state index contributed by atoms with van der Waals surface area (Å²) in [5.74, 6) is -0.173. The highest BCUT2D eigenvalue weighted by molar-refractivity contribution is 9.10. The van der Waals surface area contributed by atoms with Crippen LogP contribution in [0.15, 0.2) is 46.3 Å². The quantitative estimate of drug-likeness (QED) is 0.883. The number of halogens is 1. The van der Waals surface area contributed by atoms with Gasteiger partial charge in [0.1, 0.15) is 6.04 Å². The molecule has 3 rings (SSSR count). The minimum Gasteiger partial charge on any atom is -0.326 e. The van der Waals surface area contributed by atoms with Gasteiger partial charge < -0.3 is 10.2 Å². The van der Waals surface area contributed by atoms with Crippen LogP contribution >= 0.6 is 27.3 Å². The van der Waals surface area contributed by atoms with Crippen LogP contribution < -0.4 is 5.32 Å². The zero-order chi connectivity index (χ0) is 15.5. The Kier molecular flexibility index (Phi) is 4.59. The number of thiophene rings is 1. The first kappa shape index (κ1) is 15.2. The van der Waals surface area contributed by atoms with E-state index in [2.05, 4.69) is 21.2 Å². The SMILES string of the molecule is O=C(Nc1ccc(Br)cc1)[C@@H]1CCCN1C(=O)c1cccs1. The van der Waals surface area contributed by atoms with Crippen molar-refractivity contribution >= 4 is 44.8 Å². The number of hydrogen-bond acceptors (Lipinski definition) is 3. The van der Waals surface area contributed by atoms with Crippen molar-refractivity contribution in [3.63, 3.8) is 0 Å². The van der Waals surface area contributed by atoms with Gasteiger partial charge in [0.05, 0.1) is 4.88 Å². The van der Waals surface area contributed by atoms with Gasteiger partial charge in [-0.3, -0.25) is 9.59 Å². The summed E-state index contributed by atoms with van der Waals surface area (Å²) in [6.07, 6.45) is 1.56. The smallest absolute Gasteiger partial charge is 0.264 e. The van der Waals surface area contributed by atoms with Gasteiger partial charge in [0.2, 0.25) is 5.91 Å². The first-order valence-corrected chi connectivity index (χ1v) is 8.73. The third-order valence-corrected chi connectivity index (χ3v) is 5.05. The van der Waals surface area contributed by atoms with Crippen LogP contribution in [0.2, 0.25) is 0 Å². The molecule has 6 heteroatoms. The van der Waals surface area contributed by atoms with Gasteiger partial charge in [-0.05, 0) is 48.6 Å². The summed E-state index contributed by atoms with van der Waals surface area (Å²) in [6, 6.07) is 10.7. The number of benzene rings is 1. The van der Waals surface area contributed by atoms with Crippen LogP contribution in [0.5, 0.6) is 0 Å². The predicted molar refractivity (Wildman–Crippen MR) is 91.1 cm³/mol. The Morgan fingerprint density at radius 1 is 1.23 bits per heavy atom. The van der Waals surface area contributed by atoms with Crippen molar-refractivity contribution in [1.82, 2.24) is 4.90 Å². The van der Waals surface area contributed by atoms with Gasteiger partial charge >= 0.3 is 0 Å². The Hall–Kier alpha value is -1.66. The van der Waals surface area contributed by atoms with Crippen molar-refractivity contribution < 1.29 is 9.59 Å². The fraction of sp³-hybridized carbons (Fsp3) is 0.250. The molecule has 1 aliphatic heterocycles. The Morgan fingerprint density at radius 3 is 2.68 bits per heavy atom. The molecule has 1 N–H and O–H groups in total. The molecule has 2 heterocycles. The Morgan fingerprint density at radius 2 is 2.00 bits per heavy atom. The van der Waals surface area contributed by atoms with Gasteiger partial charge in [0.25, 0.3) is 5.91 Å². The molecule has 0 bridgehead atoms. The predicted octanol–water partition coefficient (Wildman–Crippen LogP) is 3.75. The topological polar surface area (TPSA) is 49.4 Å². The van der Waals surface area contributed by atoms with Crippen LogP contribution in [0, 0.1) is 0 Å². The molecule has 0 radical (unpaired) electrons. The number of nitrogens with one attached hydrogen (secondary N) is 1. The summed E-state index contributed by atoms with van der Waals surface area (Å²) in [5.41, 5.74) is 0.739. The van der Waals surface area contributed by atoms with Crippen molar-refractivity contribution in [3.8, 4) is 0 Å². The van der Waals surface area contributed by atoms with E-state index >= 15 is 0 Å². The molecule has 2 amide bonds. The van der Waals surface area contributed by atoms with Gasteiger partial charge in [-0.2, -0.15) is 0 Å². The number of carbonyl (C=O) groups excluding carboxylic acids is 2. The summed E-state index contributed by atoms with van der Waals surface area (Å²) in [5, 5.41) is 4.77. The normalized spacial score (nSPS) is 17.5. The lowest BCUT2D eigenvalue weighted by Gasteiger charge is -2.23. The summed E-state index contributed by atoms with van der Waals surface area (Å²) in [7, 11) is 0. The highest BCUT2D eigenvalue weighted by atomic mass is 79.9. The van der Waals surface area contributed by atoms with Gasteiger partial charge in [-0.15, -0.1) is 11.3 Å². The van der Waals surface area contributed by atoms with Crippen LogP contribution in [-0.2, 0) is 4.79 Å². The lowest BCUT2D eigenvalue weighted by molar-refractivity contribution is -0.119. The minimum absolute atomic E-state index is 0.0524. The summed E-state index contributed by atoms with van der Waals surface area (Å²) >= 11 is 4.77. The standard InChI is InChI=1S/C16H15BrN2O2S/c17-11-5-7-12(8-6-11)18-15(20)13-3-1-9-19(13)16(21)14-4-2-10-22-14/h2,4-8,10,13H,1,3,9H2,(H,18,20)/t13-/m0/s1. The number of anilines is 1. The fourth-order valence-electron chi connectivity index (χ4n) is 2.58. The molecular weight excluding hydrogens is 364 g/mol. The van der Waals surface area contributed by atoms with Crippen LogP contribution in [0.25, 0.3) is 0 Å². The number of carbonyl (C=O) groups is 2. The lowest BCUT2D eigenvalue weighted by atomic mass is 10.2. The van der Waals surface area contributed by atoms with Crippen molar-refractivity contribution in [3.05, 3.63) is 51.1 Å².